The second-order valence-corrected chi connectivity index (χ2v) is 32.5. The van der Waals surface area contributed by atoms with E-state index in [2.05, 4.69) is 202 Å². The Bertz CT molecular complexity index is 7070. The average molecular weight is 1620 g/mol. The number of fused-ring (bicyclic) bond motifs is 12. The van der Waals surface area contributed by atoms with Crippen LogP contribution in [0.4, 0.5) is 5.69 Å². The predicted octanol–water partition coefficient (Wildman–Crippen LogP) is 8.78. The standard InChI is InChI=1S/2C24H25N5O2.C23H23N5O2.C22H21N5O2/c1-14-9-19-20(10-15(14)2)29(22-21(26-19)23(30)28-24(31)27-22)8-7-25-13-16-11-17-5-3-4-6-18(17)12-16;1-14-11-19-20(12-15(14)2)29(22-21(26-19)23(30)28-24(31)27-22)10-9-25-18-8-7-16-5-3-4-6-17(16)13-18;1-13-9-18-19(10-14(13)2)28(21-20(25-18)22(29)27-23(30)26-21)8-7-24-17-11-15-5-3-4-6-16(15)12-17;1-13-11-16-18(12-14(13)2)27(20-19(23-16)21(28)25-22(29)24-20)10-9-26-8-7-15-5-3-4-6-17(15)26/h3-6,9-10,16,25H,7-8,11-13H2,1-2H3,(H,28,30,31);3-6,11-12,18,25H,7-10,13H2,1-2H3,(H,28,30,31);3-6,9-10,17,24H,7-8,11-12H2,1-2H3,(H,27,29,30);3-6,11-12H,7-10H2,1-2H3,(H,25,28,29). The van der Waals surface area contributed by atoms with Crippen LogP contribution in [0.15, 0.2) is 184 Å². The van der Waals surface area contributed by atoms with Crippen molar-refractivity contribution in [3.05, 3.63) is 312 Å². The van der Waals surface area contributed by atoms with Gasteiger partial charge in [0.05, 0.1) is 44.1 Å². The Labute approximate surface area is 693 Å². The monoisotopic (exact) mass is 1620 g/mol. The molecule has 0 aromatic heterocycles. The van der Waals surface area contributed by atoms with E-state index in [0.717, 1.165) is 160 Å². The van der Waals surface area contributed by atoms with Gasteiger partial charge in [0, 0.05) is 76.7 Å². The van der Waals surface area contributed by atoms with Gasteiger partial charge in [0.15, 0.2) is 46.1 Å². The van der Waals surface area contributed by atoms with E-state index >= 15 is 0 Å². The highest BCUT2D eigenvalue weighted by Crippen LogP contribution is 2.33. The maximum atomic E-state index is 12.4. The number of nitrogens with zero attached hydrogens (tertiary/aromatic N) is 13. The van der Waals surface area contributed by atoms with Crippen molar-refractivity contribution >= 4 is 49.8 Å². The molecular formula is C93H94N20O8. The summed E-state index contributed by atoms with van der Waals surface area (Å²) in [5, 5.41) is 10.9. The van der Waals surface area contributed by atoms with Gasteiger partial charge in [0.25, 0.3) is 22.2 Å². The number of nitrogens with one attached hydrogen (secondary N) is 7. The molecule has 3 aliphatic carbocycles. The lowest BCUT2D eigenvalue weighted by Crippen LogP contribution is -2.37. The van der Waals surface area contributed by atoms with Gasteiger partial charge in [-0.2, -0.15) is 19.9 Å². The van der Waals surface area contributed by atoms with Gasteiger partial charge in [-0.1, -0.05) is 91.0 Å². The van der Waals surface area contributed by atoms with Crippen molar-refractivity contribution in [3.63, 3.8) is 0 Å². The number of rotatable bonds is 16. The molecule has 1 unspecified atom stereocenters. The Hall–Kier alpha value is -13.4. The van der Waals surface area contributed by atoms with E-state index in [-0.39, 0.29) is 22.8 Å². The average Bonchev–Trinajstić information content (AvgIpc) is 1.40. The van der Waals surface area contributed by atoms with E-state index in [4.69, 9.17) is 0 Å². The number of anilines is 1. The van der Waals surface area contributed by atoms with Crippen molar-refractivity contribution in [2.75, 3.05) is 44.2 Å². The molecule has 8 aromatic carbocycles. The zero-order chi connectivity index (χ0) is 84.0. The van der Waals surface area contributed by atoms with E-state index < -0.39 is 45.0 Å². The molecule has 9 aliphatic heterocycles. The third-order valence-electron chi connectivity index (χ3n) is 24.5. The summed E-state index contributed by atoms with van der Waals surface area (Å²) >= 11 is 0. The van der Waals surface area contributed by atoms with Crippen molar-refractivity contribution in [1.82, 2.24) is 94.0 Å². The SMILES string of the molecule is Cc1cc2nc3c(=O)[nH]c(=O)nc-3n(CCN3CCc4ccccc43)c2cc1C.Cc1cc2nc3c(=O)[nH]c(=O)nc-3n(CCNC3CCc4ccccc4C3)c2cc1C.Cc1cc2nc3c(=O)[nH]c(=O)nc-3n(CCNC3Cc4ccccc4C3)c2cc1C.Cc1cc2nc3c(=O)[nH]c(=O)nc-3n(CCNCC3Cc4ccccc4C3)c2cc1C. The van der Waals surface area contributed by atoms with Crippen LogP contribution in [0.2, 0.25) is 0 Å². The molecule has 121 heavy (non-hydrogen) atoms. The summed E-state index contributed by atoms with van der Waals surface area (Å²) in [6.45, 7) is 23.4. The maximum absolute atomic E-state index is 12.4. The molecule has 7 N–H and O–H groups in total. The second-order valence-electron chi connectivity index (χ2n) is 32.5. The van der Waals surface area contributed by atoms with Crippen LogP contribution in [-0.4, -0.2) is 129 Å². The molecule has 0 fully saturated rings. The Morgan fingerprint density at radius 3 is 1.04 bits per heavy atom. The first-order chi connectivity index (χ1) is 58.5. The largest absolute Gasteiger partial charge is 0.369 e. The van der Waals surface area contributed by atoms with Gasteiger partial charge < -0.3 is 39.1 Å². The molecule has 0 spiro atoms. The van der Waals surface area contributed by atoms with Crippen LogP contribution in [0.1, 0.15) is 89.9 Å². The number of aromatic nitrogens is 16. The topological polar surface area (TPSA) is 362 Å². The summed E-state index contributed by atoms with van der Waals surface area (Å²) in [7, 11) is 0. The van der Waals surface area contributed by atoms with Gasteiger partial charge in [0.1, 0.15) is 0 Å². The Morgan fingerprint density at radius 2 is 0.645 bits per heavy atom. The molecule has 1 atom stereocenters. The summed E-state index contributed by atoms with van der Waals surface area (Å²) in [6, 6.07) is 51.2. The van der Waals surface area contributed by atoms with Crippen LogP contribution in [0, 0.1) is 61.3 Å². The van der Waals surface area contributed by atoms with Crippen LogP contribution < -0.4 is 65.8 Å². The fourth-order valence-electron chi connectivity index (χ4n) is 17.6. The lowest BCUT2D eigenvalue weighted by molar-refractivity contribution is 0.445. The molecule has 8 aromatic rings. The van der Waals surface area contributed by atoms with Gasteiger partial charge in [-0.05, 0) is 257 Å². The fourth-order valence-corrected chi connectivity index (χ4v) is 17.6. The van der Waals surface area contributed by atoms with Crippen molar-refractivity contribution < 1.29 is 0 Å². The normalized spacial score (nSPS) is 14.3. The first-order valence-corrected chi connectivity index (χ1v) is 41.4. The quantitative estimate of drug-likeness (QED) is 0.0351. The molecule has 9 heterocycles. The van der Waals surface area contributed by atoms with Crippen molar-refractivity contribution in [1.29, 1.82) is 0 Å². The lowest BCUT2D eigenvalue weighted by Gasteiger charge is -2.26. The summed E-state index contributed by atoms with van der Waals surface area (Å²) in [5.41, 5.74) is 22.7. The molecule has 20 rings (SSSR count). The minimum atomic E-state index is -0.648. The number of benzene rings is 8. The first kappa shape index (κ1) is 80.0. The summed E-state index contributed by atoms with van der Waals surface area (Å²) in [6.07, 6.45) is 8.45. The molecule has 0 saturated heterocycles. The number of para-hydroxylation sites is 1. The van der Waals surface area contributed by atoms with E-state index in [1.165, 1.54) is 44.6 Å². The van der Waals surface area contributed by atoms with Crippen LogP contribution >= 0.6 is 0 Å². The zero-order valence-corrected chi connectivity index (χ0v) is 68.9. The summed E-state index contributed by atoms with van der Waals surface area (Å²) in [4.78, 5) is 143. The van der Waals surface area contributed by atoms with E-state index in [0.29, 0.717) is 87.1 Å². The molecule has 614 valence electrons. The van der Waals surface area contributed by atoms with E-state index in [1.807, 2.05) is 97.9 Å². The second kappa shape index (κ2) is 33.8. The number of hydrogen-bond donors (Lipinski definition) is 7. The van der Waals surface area contributed by atoms with Gasteiger partial charge in [-0.15, -0.1) is 0 Å². The van der Waals surface area contributed by atoms with Crippen LogP contribution in [-0.2, 0) is 71.1 Å². The van der Waals surface area contributed by atoms with Crippen molar-refractivity contribution in [2.45, 2.75) is 145 Å². The van der Waals surface area contributed by atoms with Gasteiger partial charge in [-0.25, -0.2) is 39.1 Å². The van der Waals surface area contributed by atoms with Gasteiger partial charge in [-0.3, -0.25) is 39.1 Å². The zero-order valence-electron chi connectivity index (χ0n) is 68.9. The Kier molecular flexibility index (Phi) is 22.3. The third-order valence-corrected chi connectivity index (χ3v) is 24.5. The predicted molar refractivity (Wildman–Crippen MR) is 471 cm³/mol. The third kappa shape index (κ3) is 16.6. The summed E-state index contributed by atoms with van der Waals surface area (Å²) in [5.74, 6) is 1.92. The highest BCUT2D eigenvalue weighted by atomic mass is 16.2. The lowest BCUT2D eigenvalue weighted by atomic mass is 9.88. The highest BCUT2D eigenvalue weighted by molar-refractivity contribution is 5.84. The van der Waals surface area contributed by atoms with Crippen LogP contribution in [0.3, 0.4) is 0 Å². The molecule has 0 amide bonds. The molecule has 0 bridgehead atoms. The number of aryl methyl sites for hydroxylation is 9. The minimum Gasteiger partial charge on any atom is -0.369 e. The van der Waals surface area contributed by atoms with Crippen LogP contribution in [0.25, 0.3) is 90.2 Å². The van der Waals surface area contributed by atoms with E-state index in [1.54, 1.807) is 0 Å². The molecule has 28 nitrogen and oxygen atoms in total. The van der Waals surface area contributed by atoms with Crippen molar-refractivity contribution in [2.24, 2.45) is 5.92 Å². The smallest absolute Gasteiger partial charge is 0.349 e. The maximum Gasteiger partial charge on any atom is 0.349 e. The molecule has 12 aliphatic rings. The number of aromatic amines is 4. The fraction of sp³-hybridized carbons (Fsp3) is 0.312. The first-order valence-electron chi connectivity index (χ1n) is 41.4. The van der Waals surface area contributed by atoms with E-state index in [9.17, 15) is 38.4 Å². The van der Waals surface area contributed by atoms with Crippen molar-refractivity contribution in [3.8, 4) is 46.1 Å². The molecule has 0 radical (unpaired) electrons. The number of hydrogen-bond acceptors (Lipinski definition) is 20. The van der Waals surface area contributed by atoms with Gasteiger partial charge >= 0.3 is 22.8 Å². The molecule has 28 heteroatoms. The minimum absolute atomic E-state index is 0.193. The molecule has 0 saturated carbocycles. The van der Waals surface area contributed by atoms with Crippen LogP contribution in [0.5, 0.6) is 0 Å². The highest BCUT2D eigenvalue weighted by Gasteiger charge is 2.29. The molecular weight excluding hydrogens is 1530 g/mol. The van der Waals surface area contributed by atoms with Gasteiger partial charge in [0.2, 0.25) is 0 Å². The summed E-state index contributed by atoms with van der Waals surface area (Å²) < 4.78 is 7.79. The Balaban J connectivity index is 0.000000115. The number of H-pyrrole nitrogens is 4. The Morgan fingerprint density at radius 1 is 0.331 bits per heavy atom.